The molecule has 0 saturated heterocycles. The van der Waals surface area contributed by atoms with Gasteiger partial charge in [0, 0.05) is 29.9 Å². The molecule has 4 rings (SSSR count). The van der Waals surface area contributed by atoms with E-state index in [0.717, 1.165) is 22.4 Å². The Bertz CT molecular complexity index is 1340. The minimum atomic E-state index is -0.285. The van der Waals surface area contributed by atoms with E-state index in [0.29, 0.717) is 17.1 Å². The van der Waals surface area contributed by atoms with Gasteiger partial charge in [-0.2, -0.15) is 5.10 Å². The number of para-hydroxylation sites is 1. The average Bonchev–Trinajstić information content (AvgIpc) is 3.06. The van der Waals surface area contributed by atoms with Crippen LogP contribution in [0, 0.1) is 0 Å². The lowest BCUT2D eigenvalue weighted by atomic mass is 10.1. The standard InChI is InChI=1S/C28H25N5O2/c1-3-22-10-4-5-13-25(22)30-20(2)31-28(35)23-11-6-9-21(17-23)19-33-27(34)15-7-14-26(32-33)24-12-8-16-29-18-24/h3-14,16-18H,1,15,19H2,2H3,(H,30,31,35). The number of hydrogen-bond acceptors (Lipinski definition) is 5. The second kappa shape index (κ2) is 11.0. The maximum Gasteiger partial charge on any atom is 0.256 e. The summed E-state index contributed by atoms with van der Waals surface area (Å²) in [7, 11) is 0. The first-order valence-electron chi connectivity index (χ1n) is 11.2. The lowest BCUT2D eigenvalue weighted by molar-refractivity contribution is -0.130. The third kappa shape index (κ3) is 6.03. The summed E-state index contributed by atoms with van der Waals surface area (Å²) in [6.07, 6.45) is 8.98. The molecule has 174 valence electrons. The van der Waals surface area contributed by atoms with E-state index in [-0.39, 0.29) is 24.8 Å². The van der Waals surface area contributed by atoms with Crippen LogP contribution in [0.1, 0.15) is 40.4 Å². The zero-order valence-electron chi connectivity index (χ0n) is 19.4. The molecule has 0 unspecified atom stereocenters. The quantitative estimate of drug-likeness (QED) is 0.417. The number of benzene rings is 2. The van der Waals surface area contributed by atoms with Gasteiger partial charge >= 0.3 is 0 Å². The highest BCUT2D eigenvalue weighted by Crippen LogP contribution is 2.20. The molecule has 0 aliphatic carbocycles. The SMILES string of the molecule is C=Cc1ccccc1N=C(C)NC(=O)c1cccc(CN2N=C(c3cccnc3)C=CCC2=O)c1. The van der Waals surface area contributed by atoms with Crippen LogP contribution in [0.25, 0.3) is 6.08 Å². The molecule has 35 heavy (non-hydrogen) atoms. The Kier molecular flexibility index (Phi) is 7.37. The van der Waals surface area contributed by atoms with E-state index in [2.05, 4.69) is 27.0 Å². The summed E-state index contributed by atoms with van der Waals surface area (Å²) < 4.78 is 0. The molecule has 0 saturated carbocycles. The molecule has 0 spiro atoms. The third-order valence-electron chi connectivity index (χ3n) is 5.30. The lowest BCUT2D eigenvalue weighted by Crippen LogP contribution is -2.28. The van der Waals surface area contributed by atoms with Crippen molar-refractivity contribution in [3.63, 3.8) is 0 Å². The molecule has 0 fully saturated rings. The molecule has 7 nitrogen and oxygen atoms in total. The molecule has 0 atom stereocenters. The number of amidine groups is 1. The summed E-state index contributed by atoms with van der Waals surface area (Å²) in [5, 5.41) is 8.81. The van der Waals surface area contributed by atoms with Crippen molar-refractivity contribution < 1.29 is 9.59 Å². The van der Waals surface area contributed by atoms with Gasteiger partial charge in [-0.25, -0.2) is 10.0 Å². The molecule has 0 bridgehead atoms. The van der Waals surface area contributed by atoms with Crippen molar-refractivity contribution >= 4 is 35.1 Å². The number of nitrogens with zero attached hydrogens (tertiary/aromatic N) is 4. The van der Waals surface area contributed by atoms with Gasteiger partial charge in [0.2, 0.25) is 5.91 Å². The van der Waals surface area contributed by atoms with Gasteiger partial charge in [-0.15, -0.1) is 0 Å². The van der Waals surface area contributed by atoms with Gasteiger partial charge in [-0.3, -0.25) is 14.6 Å². The van der Waals surface area contributed by atoms with Gasteiger partial charge in [0.25, 0.3) is 5.91 Å². The monoisotopic (exact) mass is 463 g/mol. The minimum absolute atomic E-state index is 0.126. The van der Waals surface area contributed by atoms with Crippen LogP contribution in [0.15, 0.2) is 102 Å². The second-order valence-electron chi connectivity index (χ2n) is 7.90. The van der Waals surface area contributed by atoms with Crippen LogP contribution in [0.2, 0.25) is 0 Å². The number of hydrogen-bond donors (Lipinski definition) is 1. The second-order valence-corrected chi connectivity index (χ2v) is 7.90. The van der Waals surface area contributed by atoms with Crippen LogP contribution < -0.4 is 5.32 Å². The largest absolute Gasteiger partial charge is 0.310 e. The third-order valence-corrected chi connectivity index (χ3v) is 5.30. The van der Waals surface area contributed by atoms with Gasteiger partial charge in [-0.1, -0.05) is 49.1 Å². The van der Waals surface area contributed by atoms with Crippen molar-refractivity contribution in [2.45, 2.75) is 19.9 Å². The molecule has 0 radical (unpaired) electrons. The zero-order chi connectivity index (χ0) is 24.6. The zero-order valence-corrected chi connectivity index (χ0v) is 19.4. The fraction of sp³-hybridized carbons (Fsp3) is 0.107. The smallest absolute Gasteiger partial charge is 0.256 e. The number of pyridine rings is 1. The maximum atomic E-state index is 12.9. The number of carbonyl (C=O) groups excluding carboxylic acids is 2. The Morgan fingerprint density at radius 3 is 2.83 bits per heavy atom. The predicted octanol–water partition coefficient (Wildman–Crippen LogP) is 4.90. The van der Waals surface area contributed by atoms with Gasteiger partial charge in [0.15, 0.2) is 0 Å². The molecular formula is C28H25N5O2. The van der Waals surface area contributed by atoms with Crippen molar-refractivity contribution in [1.82, 2.24) is 15.3 Å². The van der Waals surface area contributed by atoms with Gasteiger partial charge in [-0.05, 0) is 54.5 Å². The summed E-state index contributed by atoms with van der Waals surface area (Å²) in [6, 6.07) is 18.4. The van der Waals surface area contributed by atoms with Crippen LogP contribution in [0.5, 0.6) is 0 Å². The Hall–Kier alpha value is -4.65. The van der Waals surface area contributed by atoms with Gasteiger partial charge < -0.3 is 5.32 Å². The Morgan fingerprint density at radius 2 is 2.03 bits per heavy atom. The fourth-order valence-corrected chi connectivity index (χ4v) is 3.58. The number of aliphatic imine (C=N–C) groups is 1. The Morgan fingerprint density at radius 1 is 1.17 bits per heavy atom. The maximum absolute atomic E-state index is 12.9. The minimum Gasteiger partial charge on any atom is -0.310 e. The highest BCUT2D eigenvalue weighted by Gasteiger charge is 2.17. The normalized spacial score (nSPS) is 13.7. The predicted molar refractivity (Wildman–Crippen MR) is 138 cm³/mol. The first-order valence-corrected chi connectivity index (χ1v) is 11.2. The molecule has 1 N–H and O–H groups in total. The first kappa shape index (κ1) is 23.5. The molecule has 1 aliphatic rings. The number of amides is 2. The Balaban J connectivity index is 1.50. The summed E-state index contributed by atoms with van der Waals surface area (Å²) >= 11 is 0. The van der Waals surface area contributed by atoms with Crippen molar-refractivity contribution in [3.8, 4) is 0 Å². The number of carbonyl (C=O) groups is 2. The molecule has 2 amide bonds. The van der Waals surface area contributed by atoms with E-state index in [1.807, 2.05) is 48.5 Å². The van der Waals surface area contributed by atoms with Crippen LogP contribution >= 0.6 is 0 Å². The summed E-state index contributed by atoms with van der Waals surface area (Å²) in [4.78, 5) is 34.1. The van der Waals surface area contributed by atoms with Crippen LogP contribution in [0.4, 0.5) is 5.69 Å². The molecule has 7 heteroatoms. The highest BCUT2D eigenvalue weighted by atomic mass is 16.2. The molecule has 3 aromatic rings. The summed E-state index contributed by atoms with van der Waals surface area (Å²) in [5.74, 6) is 0.0561. The van der Waals surface area contributed by atoms with Crippen LogP contribution in [-0.4, -0.2) is 33.4 Å². The number of hydrazone groups is 1. The first-order chi connectivity index (χ1) is 17.0. The highest BCUT2D eigenvalue weighted by molar-refractivity contribution is 6.09. The van der Waals surface area contributed by atoms with E-state index >= 15 is 0 Å². The van der Waals surface area contributed by atoms with Crippen LogP contribution in [-0.2, 0) is 11.3 Å². The molecule has 2 aromatic carbocycles. The molecular weight excluding hydrogens is 438 g/mol. The van der Waals surface area contributed by atoms with E-state index in [1.54, 1.807) is 49.7 Å². The molecule has 1 aliphatic heterocycles. The summed E-state index contributed by atoms with van der Waals surface area (Å²) in [6.45, 7) is 5.77. The number of aromatic nitrogens is 1. The van der Waals surface area contributed by atoms with E-state index in [1.165, 1.54) is 5.01 Å². The topological polar surface area (TPSA) is 87.0 Å². The van der Waals surface area contributed by atoms with Crippen molar-refractivity contribution in [2.24, 2.45) is 10.1 Å². The Labute approximate surface area is 204 Å². The van der Waals surface area contributed by atoms with E-state index in [4.69, 9.17) is 0 Å². The van der Waals surface area contributed by atoms with Gasteiger partial charge in [0.1, 0.15) is 5.84 Å². The van der Waals surface area contributed by atoms with Crippen molar-refractivity contribution in [3.05, 3.63) is 114 Å². The molecule has 2 heterocycles. The fourth-order valence-electron chi connectivity index (χ4n) is 3.58. The van der Waals surface area contributed by atoms with Crippen LogP contribution in [0.3, 0.4) is 0 Å². The number of nitrogens with one attached hydrogen (secondary N) is 1. The van der Waals surface area contributed by atoms with E-state index in [9.17, 15) is 9.59 Å². The van der Waals surface area contributed by atoms with Crippen molar-refractivity contribution in [2.75, 3.05) is 0 Å². The van der Waals surface area contributed by atoms with E-state index < -0.39 is 0 Å². The number of allylic oxidation sites excluding steroid dienone is 1. The number of rotatable bonds is 6. The molecule has 1 aromatic heterocycles. The average molecular weight is 464 g/mol. The van der Waals surface area contributed by atoms with Gasteiger partial charge in [0.05, 0.1) is 17.9 Å². The van der Waals surface area contributed by atoms with Crippen molar-refractivity contribution in [1.29, 1.82) is 0 Å². The summed E-state index contributed by atoms with van der Waals surface area (Å²) in [5.41, 5.74) is 4.34. The lowest BCUT2D eigenvalue weighted by Gasteiger charge is -2.17.